The van der Waals surface area contributed by atoms with Gasteiger partial charge in [0.25, 0.3) is 11.8 Å². The van der Waals surface area contributed by atoms with Gasteiger partial charge in [-0.05, 0) is 70.4 Å². The number of hydrazone groups is 1. The number of methoxy groups -OCH3 is 2. The number of hydrogen-bond acceptors (Lipinski definition) is 5. The van der Waals surface area contributed by atoms with Crippen LogP contribution in [0.3, 0.4) is 0 Å². The number of carbonyl (C=O) groups excluding carboxylic acids is 2. The molecule has 1 aliphatic heterocycles. The van der Waals surface area contributed by atoms with Crippen LogP contribution in [0.2, 0.25) is 0 Å². The van der Waals surface area contributed by atoms with Gasteiger partial charge in [-0.15, -0.1) is 0 Å². The van der Waals surface area contributed by atoms with Crippen LogP contribution in [0, 0.1) is 32.7 Å². The summed E-state index contributed by atoms with van der Waals surface area (Å²) >= 11 is 2.15. The minimum Gasteiger partial charge on any atom is -0.493 e. The third-order valence-corrected chi connectivity index (χ3v) is 7.41. The smallest absolute Gasteiger partial charge is 0.254 e. The SMILES string of the molecule is COc1cc(/C=N\N2C(=O)[C@H]3[C@H](C2=O)[C@H]2C=C[C@H]3C23CC3)cc(I)c1OC. The highest BCUT2D eigenvalue weighted by Gasteiger charge is 2.73. The van der Waals surface area contributed by atoms with Crippen LogP contribution < -0.4 is 9.47 Å². The zero-order valence-electron chi connectivity index (χ0n) is 15.0. The first-order valence-electron chi connectivity index (χ1n) is 9.03. The molecule has 2 bridgehead atoms. The normalized spacial score (nSPS) is 32.0. The predicted octanol–water partition coefficient (Wildman–Crippen LogP) is 2.84. The molecule has 1 saturated heterocycles. The van der Waals surface area contributed by atoms with Gasteiger partial charge in [0.05, 0.1) is 35.8 Å². The Kier molecular flexibility index (Phi) is 3.70. The Morgan fingerprint density at radius 2 is 1.74 bits per heavy atom. The largest absolute Gasteiger partial charge is 0.493 e. The van der Waals surface area contributed by atoms with Gasteiger partial charge in [-0.1, -0.05) is 12.2 Å². The summed E-state index contributed by atoms with van der Waals surface area (Å²) in [6.07, 6.45) is 8.14. The van der Waals surface area contributed by atoms with Gasteiger partial charge in [-0.2, -0.15) is 10.1 Å². The van der Waals surface area contributed by atoms with Gasteiger partial charge in [0.1, 0.15) is 0 Å². The molecule has 0 unspecified atom stereocenters. The van der Waals surface area contributed by atoms with Crippen LogP contribution in [0.1, 0.15) is 18.4 Å². The summed E-state index contributed by atoms with van der Waals surface area (Å²) in [6.45, 7) is 0. The summed E-state index contributed by atoms with van der Waals surface area (Å²) in [5.74, 6) is 0.905. The molecule has 3 fully saturated rings. The minimum absolute atomic E-state index is 0.153. The summed E-state index contributed by atoms with van der Waals surface area (Å²) in [5.41, 5.74) is 0.949. The van der Waals surface area contributed by atoms with Gasteiger partial charge in [0.15, 0.2) is 11.5 Å². The molecule has 7 heteroatoms. The summed E-state index contributed by atoms with van der Waals surface area (Å²) in [5, 5.41) is 5.34. The molecular weight excluding hydrogens is 459 g/mol. The zero-order chi connectivity index (χ0) is 18.9. The first-order valence-corrected chi connectivity index (χ1v) is 10.1. The second-order valence-electron chi connectivity index (χ2n) is 7.69. The van der Waals surface area contributed by atoms with E-state index >= 15 is 0 Å². The summed E-state index contributed by atoms with van der Waals surface area (Å²) in [6, 6.07) is 3.66. The number of carbonyl (C=O) groups is 2. The van der Waals surface area contributed by atoms with Crippen LogP contribution in [0.4, 0.5) is 0 Å². The number of nitrogens with zero attached hydrogens (tertiary/aromatic N) is 2. The number of hydrogen-bond donors (Lipinski definition) is 0. The molecule has 1 aromatic rings. The summed E-state index contributed by atoms with van der Waals surface area (Å²) in [4.78, 5) is 25.9. The Bertz CT molecular complexity index is 887. The van der Waals surface area contributed by atoms with Crippen LogP contribution in [-0.4, -0.2) is 37.3 Å². The molecule has 1 heterocycles. The van der Waals surface area contributed by atoms with E-state index in [4.69, 9.17) is 9.47 Å². The minimum atomic E-state index is -0.224. The number of benzene rings is 1. The van der Waals surface area contributed by atoms with E-state index in [1.54, 1.807) is 26.5 Å². The maximum Gasteiger partial charge on any atom is 0.254 e. The Labute approximate surface area is 170 Å². The molecule has 1 spiro atoms. The summed E-state index contributed by atoms with van der Waals surface area (Å²) in [7, 11) is 3.16. The second-order valence-corrected chi connectivity index (χ2v) is 8.85. The van der Waals surface area contributed by atoms with Crippen molar-refractivity contribution < 1.29 is 19.1 Å². The quantitative estimate of drug-likeness (QED) is 0.289. The van der Waals surface area contributed by atoms with E-state index in [-0.39, 0.29) is 40.9 Å². The van der Waals surface area contributed by atoms with Crippen molar-refractivity contribution in [3.8, 4) is 11.5 Å². The molecule has 27 heavy (non-hydrogen) atoms. The molecule has 6 nitrogen and oxygen atoms in total. The van der Waals surface area contributed by atoms with Crippen molar-refractivity contribution in [3.05, 3.63) is 33.4 Å². The Hall–Kier alpha value is -1.90. The van der Waals surface area contributed by atoms with Gasteiger partial charge >= 0.3 is 0 Å². The molecule has 4 aliphatic rings. The standard InChI is InChI=1S/C20H19IN2O4/c1-26-14-8-10(7-13(21)17(14)27-2)9-22-23-18(24)15-11-3-4-12(16(15)19(23)25)20(11)5-6-20/h3-4,7-9,11-12,15-16H,5-6H2,1-2H3/b22-9-/t11-,12-,15-,16-/m1/s1. The van der Waals surface area contributed by atoms with Crippen molar-refractivity contribution in [1.82, 2.24) is 5.01 Å². The molecule has 2 saturated carbocycles. The average molecular weight is 478 g/mol. The predicted molar refractivity (Wildman–Crippen MR) is 106 cm³/mol. The van der Waals surface area contributed by atoms with Crippen LogP contribution in [0.5, 0.6) is 11.5 Å². The molecular formula is C20H19IN2O4. The lowest BCUT2D eigenvalue weighted by molar-refractivity contribution is -0.141. The highest BCUT2D eigenvalue weighted by atomic mass is 127. The van der Waals surface area contributed by atoms with Crippen molar-refractivity contribution in [2.45, 2.75) is 12.8 Å². The topological polar surface area (TPSA) is 68.2 Å². The third kappa shape index (κ3) is 2.20. The Morgan fingerprint density at radius 1 is 1.11 bits per heavy atom. The lowest BCUT2D eigenvalue weighted by Gasteiger charge is -2.18. The summed E-state index contributed by atoms with van der Waals surface area (Å²) < 4.78 is 11.6. The monoisotopic (exact) mass is 478 g/mol. The van der Waals surface area contributed by atoms with Crippen molar-refractivity contribution in [1.29, 1.82) is 0 Å². The molecule has 1 aromatic carbocycles. The first kappa shape index (κ1) is 17.2. The molecule has 4 atom stereocenters. The van der Waals surface area contributed by atoms with Gasteiger partial charge in [-0.3, -0.25) is 9.59 Å². The number of allylic oxidation sites excluding steroid dienone is 2. The van der Waals surface area contributed by atoms with Crippen LogP contribution in [-0.2, 0) is 9.59 Å². The maximum atomic E-state index is 12.9. The van der Waals surface area contributed by atoms with Crippen molar-refractivity contribution in [2.75, 3.05) is 14.2 Å². The lowest BCUT2D eigenvalue weighted by Crippen LogP contribution is -2.30. The van der Waals surface area contributed by atoms with E-state index in [0.717, 1.165) is 27.0 Å². The van der Waals surface area contributed by atoms with Crippen LogP contribution in [0.15, 0.2) is 29.4 Å². The van der Waals surface area contributed by atoms with E-state index in [1.165, 1.54) is 0 Å². The number of rotatable bonds is 4. The van der Waals surface area contributed by atoms with E-state index in [2.05, 4.69) is 39.8 Å². The van der Waals surface area contributed by atoms with E-state index in [9.17, 15) is 9.59 Å². The fourth-order valence-electron chi connectivity index (χ4n) is 5.31. The molecule has 2 amide bonds. The van der Waals surface area contributed by atoms with Crippen molar-refractivity contribution >= 4 is 40.6 Å². The highest BCUT2D eigenvalue weighted by Crippen LogP contribution is 2.73. The fraction of sp³-hybridized carbons (Fsp3) is 0.450. The highest BCUT2D eigenvalue weighted by molar-refractivity contribution is 14.1. The second kappa shape index (κ2) is 5.80. The van der Waals surface area contributed by atoms with Crippen molar-refractivity contribution in [3.63, 3.8) is 0 Å². The molecule has 0 aromatic heterocycles. The third-order valence-electron chi connectivity index (χ3n) is 6.61. The van der Waals surface area contributed by atoms with Crippen molar-refractivity contribution in [2.24, 2.45) is 34.2 Å². The van der Waals surface area contributed by atoms with E-state index < -0.39 is 0 Å². The molecule has 3 aliphatic carbocycles. The zero-order valence-corrected chi connectivity index (χ0v) is 17.2. The fourth-order valence-corrected chi connectivity index (χ4v) is 6.16. The van der Waals surface area contributed by atoms with Gasteiger partial charge in [-0.25, -0.2) is 0 Å². The van der Waals surface area contributed by atoms with Crippen LogP contribution in [0.25, 0.3) is 0 Å². The Morgan fingerprint density at radius 3 is 2.26 bits per heavy atom. The molecule has 5 rings (SSSR count). The molecule has 0 N–H and O–H groups in total. The number of ether oxygens (including phenoxy) is 2. The average Bonchev–Trinajstić information content (AvgIpc) is 3.26. The van der Waals surface area contributed by atoms with E-state index in [0.29, 0.717) is 11.5 Å². The van der Waals surface area contributed by atoms with E-state index in [1.807, 2.05) is 6.07 Å². The Balaban J connectivity index is 1.42. The number of halogens is 1. The maximum absolute atomic E-state index is 12.9. The number of imide groups is 1. The van der Waals surface area contributed by atoms with Crippen LogP contribution >= 0.6 is 22.6 Å². The first-order chi connectivity index (χ1) is 13.0. The number of amides is 2. The molecule has 0 radical (unpaired) electrons. The number of fused-ring (bicyclic) bond motifs is 3. The van der Waals surface area contributed by atoms with Gasteiger partial charge in [0.2, 0.25) is 0 Å². The molecule has 140 valence electrons. The lowest BCUT2D eigenvalue weighted by atomic mass is 9.85. The van der Waals surface area contributed by atoms with Gasteiger partial charge < -0.3 is 9.47 Å². The van der Waals surface area contributed by atoms with Gasteiger partial charge in [0, 0.05) is 0 Å².